The van der Waals surface area contributed by atoms with Crippen LogP contribution < -0.4 is 10.4 Å². The normalized spacial score (nSPS) is 19.0. The van der Waals surface area contributed by atoms with Crippen molar-refractivity contribution in [3.63, 3.8) is 0 Å². The summed E-state index contributed by atoms with van der Waals surface area (Å²) in [6.07, 6.45) is 1.36. The zero-order valence-electron chi connectivity index (χ0n) is 28.3. The molecular formula is C34H49BN4O6. The van der Waals surface area contributed by atoms with Crippen LogP contribution in [0.3, 0.4) is 0 Å². The van der Waals surface area contributed by atoms with Gasteiger partial charge in [0.2, 0.25) is 0 Å². The number of aliphatic hydroxyl groups excluding tert-OH is 1. The SMILES string of the molecule is CCn1c(-c2cc(N3CCN(C(=O)O)CC3)cnc2C(C)OC)c(CC(C)(C)CO)c2cc(B3OC(C)(C)C(C)(C)O3)ccc21. The number of ether oxygens (including phenoxy) is 1. The van der Waals surface area contributed by atoms with Gasteiger partial charge < -0.3 is 38.6 Å². The maximum atomic E-state index is 11.5. The van der Waals surface area contributed by atoms with E-state index in [0.717, 1.165) is 51.1 Å². The van der Waals surface area contributed by atoms with Crippen LogP contribution in [0.1, 0.15) is 72.8 Å². The molecule has 0 aliphatic carbocycles. The van der Waals surface area contributed by atoms with Gasteiger partial charge in [0.1, 0.15) is 0 Å². The molecule has 0 spiro atoms. The van der Waals surface area contributed by atoms with E-state index in [4.69, 9.17) is 19.0 Å². The highest BCUT2D eigenvalue weighted by Gasteiger charge is 2.51. The molecule has 5 rings (SSSR count). The quantitative estimate of drug-likeness (QED) is 0.319. The van der Waals surface area contributed by atoms with Crippen molar-refractivity contribution >= 4 is 35.3 Å². The Labute approximate surface area is 267 Å². The molecule has 4 heterocycles. The Morgan fingerprint density at radius 3 is 2.31 bits per heavy atom. The number of carboxylic acid groups (broad SMARTS) is 1. The number of aliphatic hydroxyl groups is 1. The van der Waals surface area contributed by atoms with E-state index in [9.17, 15) is 15.0 Å². The first-order valence-electron chi connectivity index (χ1n) is 16.0. The molecule has 2 aromatic heterocycles. The van der Waals surface area contributed by atoms with Crippen molar-refractivity contribution in [1.82, 2.24) is 14.5 Å². The Morgan fingerprint density at radius 2 is 1.76 bits per heavy atom. The Bertz CT molecular complexity index is 1540. The van der Waals surface area contributed by atoms with Crippen LogP contribution in [0.25, 0.3) is 22.2 Å². The maximum absolute atomic E-state index is 11.5. The lowest BCUT2D eigenvalue weighted by molar-refractivity contribution is 0.00578. The molecule has 2 aliphatic rings. The number of hydrogen-bond acceptors (Lipinski definition) is 7. The average Bonchev–Trinajstić information content (AvgIpc) is 3.43. The van der Waals surface area contributed by atoms with Crippen molar-refractivity contribution in [3.8, 4) is 11.3 Å². The van der Waals surface area contributed by atoms with Gasteiger partial charge >= 0.3 is 13.2 Å². The van der Waals surface area contributed by atoms with E-state index < -0.39 is 24.4 Å². The van der Waals surface area contributed by atoms with Gasteiger partial charge in [-0.2, -0.15) is 0 Å². The second-order valence-electron chi connectivity index (χ2n) is 14.2. The fourth-order valence-electron chi connectivity index (χ4n) is 6.34. The van der Waals surface area contributed by atoms with Gasteiger partial charge in [-0.1, -0.05) is 26.0 Å². The van der Waals surface area contributed by atoms with E-state index in [2.05, 4.69) is 82.2 Å². The summed E-state index contributed by atoms with van der Waals surface area (Å²) in [5.74, 6) is 0. The number of aryl methyl sites for hydroxylation is 1. The molecule has 1 amide bonds. The average molecular weight is 621 g/mol. The third kappa shape index (κ3) is 6.20. The Morgan fingerprint density at radius 1 is 1.11 bits per heavy atom. The minimum atomic E-state index is -0.888. The maximum Gasteiger partial charge on any atom is 0.494 e. The standard InChI is InChI=1S/C34H49BN4O6/c1-10-39-28-12-11-23(35-44-33(5,6)34(7,8)45-35)17-25(28)27(19-32(3,4)21-40)30(39)26-18-24(20-36-29(26)22(2)43-9)37-13-15-38(16-14-37)31(41)42/h11-12,17-18,20,22,40H,10,13-16,19,21H2,1-9H3,(H,41,42). The van der Waals surface area contributed by atoms with E-state index in [1.54, 1.807) is 7.11 Å². The molecule has 2 saturated heterocycles. The summed E-state index contributed by atoms with van der Waals surface area (Å²) in [4.78, 5) is 20.2. The second-order valence-corrected chi connectivity index (χ2v) is 14.2. The summed E-state index contributed by atoms with van der Waals surface area (Å²) in [6.45, 7) is 19.4. The number of hydrogen-bond donors (Lipinski definition) is 2. The number of amides is 1. The number of piperazine rings is 1. The fraction of sp³-hybridized carbons (Fsp3) is 0.588. The highest BCUT2D eigenvalue weighted by atomic mass is 16.7. The highest BCUT2D eigenvalue weighted by Crippen LogP contribution is 2.42. The van der Waals surface area contributed by atoms with Gasteiger partial charge in [0.15, 0.2) is 0 Å². The lowest BCUT2D eigenvalue weighted by Gasteiger charge is -2.35. The molecule has 10 nitrogen and oxygen atoms in total. The van der Waals surface area contributed by atoms with Crippen molar-refractivity contribution in [2.24, 2.45) is 5.41 Å². The summed E-state index contributed by atoms with van der Waals surface area (Å²) < 4.78 is 21.0. The van der Waals surface area contributed by atoms with E-state index in [-0.39, 0.29) is 18.1 Å². The molecule has 0 saturated carbocycles. The van der Waals surface area contributed by atoms with Crippen LogP contribution in [0.5, 0.6) is 0 Å². The van der Waals surface area contributed by atoms with Crippen LogP contribution in [-0.2, 0) is 27.0 Å². The summed E-state index contributed by atoms with van der Waals surface area (Å²) >= 11 is 0. The van der Waals surface area contributed by atoms with E-state index >= 15 is 0 Å². The number of pyridine rings is 1. The van der Waals surface area contributed by atoms with Gasteiger partial charge in [-0.05, 0) is 76.5 Å². The van der Waals surface area contributed by atoms with Crippen LogP contribution in [0.15, 0.2) is 30.5 Å². The third-order valence-corrected chi connectivity index (χ3v) is 9.93. The Balaban J connectivity index is 1.71. The first-order chi connectivity index (χ1) is 21.1. The molecule has 2 N–H and O–H groups in total. The minimum Gasteiger partial charge on any atom is -0.465 e. The van der Waals surface area contributed by atoms with E-state index in [0.29, 0.717) is 32.6 Å². The van der Waals surface area contributed by atoms with Gasteiger partial charge in [-0.25, -0.2) is 4.79 Å². The summed E-state index contributed by atoms with van der Waals surface area (Å²) in [6, 6.07) is 8.62. The van der Waals surface area contributed by atoms with Crippen molar-refractivity contribution in [2.45, 2.75) is 85.7 Å². The number of aromatic nitrogens is 2. The molecule has 2 aliphatic heterocycles. The number of benzene rings is 1. The molecule has 0 radical (unpaired) electrons. The molecule has 1 aromatic carbocycles. The van der Waals surface area contributed by atoms with Gasteiger partial charge in [0.25, 0.3) is 0 Å². The number of fused-ring (bicyclic) bond motifs is 1. The van der Waals surface area contributed by atoms with Crippen LogP contribution in [0.4, 0.5) is 10.5 Å². The Hall–Kier alpha value is -3.12. The third-order valence-electron chi connectivity index (χ3n) is 9.93. The number of anilines is 1. The van der Waals surface area contributed by atoms with Crippen LogP contribution in [0.2, 0.25) is 0 Å². The first-order valence-corrected chi connectivity index (χ1v) is 16.0. The zero-order chi connectivity index (χ0) is 32.9. The van der Waals surface area contributed by atoms with Crippen LogP contribution in [-0.4, -0.2) is 89.0 Å². The summed E-state index contributed by atoms with van der Waals surface area (Å²) in [5.41, 5.74) is 5.68. The van der Waals surface area contributed by atoms with Crippen LogP contribution >= 0.6 is 0 Å². The van der Waals surface area contributed by atoms with Crippen molar-refractivity contribution in [2.75, 3.05) is 44.8 Å². The fourth-order valence-corrected chi connectivity index (χ4v) is 6.34. The number of rotatable bonds is 9. The second kappa shape index (κ2) is 12.2. The molecule has 0 bridgehead atoms. The monoisotopic (exact) mass is 620 g/mol. The van der Waals surface area contributed by atoms with Crippen LogP contribution in [0, 0.1) is 5.41 Å². The molecule has 244 valence electrons. The largest absolute Gasteiger partial charge is 0.494 e. The van der Waals surface area contributed by atoms with E-state index in [1.165, 1.54) is 4.90 Å². The summed E-state index contributed by atoms with van der Waals surface area (Å²) in [7, 11) is 1.20. The molecular weight excluding hydrogens is 571 g/mol. The molecule has 3 aromatic rings. The molecule has 45 heavy (non-hydrogen) atoms. The number of carbonyl (C=O) groups is 1. The zero-order valence-corrected chi connectivity index (χ0v) is 28.3. The lowest BCUT2D eigenvalue weighted by Crippen LogP contribution is -2.48. The predicted molar refractivity (Wildman–Crippen MR) is 178 cm³/mol. The molecule has 1 atom stereocenters. The van der Waals surface area contributed by atoms with Gasteiger partial charge in [0.05, 0.1) is 40.6 Å². The summed E-state index contributed by atoms with van der Waals surface area (Å²) in [5, 5.41) is 21.0. The van der Waals surface area contributed by atoms with Crippen molar-refractivity contribution < 1.29 is 29.1 Å². The van der Waals surface area contributed by atoms with Gasteiger partial charge in [0, 0.05) is 62.9 Å². The van der Waals surface area contributed by atoms with E-state index in [1.807, 2.05) is 13.1 Å². The minimum absolute atomic E-state index is 0.0373. The molecule has 11 heteroatoms. The molecule has 1 unspecified atom stereocenters. The first kappa shape index (κ1) is 33.3. The van der Waals surface area contributed by atoms with Gasteiger partial charge in [-0.15, -0.1) is 0 Å². The van der Waals surface area contributed by atoms with Crippen molar-refractivity contribution in [3.05, 3.63) is 41.7 Å². The van der Waals surface area contributed by atoms with Crippen molar-refractivity contribution in [1.29, 1.82) is 0 Å². The number of nitrogens with zero attached hydrogens (tertiary/aromatic N) is 4. The van der Waals surface area contributed by atoms with Gasteiger partial charge in [-0.3, -0.25) is 4.98 Å². The number of methoxy groups -OCH3 is 1. The lowest BCUT2D eigenvalue weighted by atomic mass is 9.77. The highest BCUT2D eigenvalue weighted by molar-refractivity contribution is 6.62. The Kier molecular flexibility index (Phi) is 9.05. The smallest absolute Gasteiger partial charge is 0.465 e. The predicted octanol–water partition coefficient (Wildman–Crippen LogP) is 5.09. The molecule has 2 fully saturated rings. The topological polar surface area (TPSA) is 110 Å².